The standard InChI is InChI=1S/C16H17Cl2N3O2S/c1-16(2)9-4-3-8(7-11(9)20-15(16)23)19-10(5-6-22)14-21-12(17)13(18)24-14/h3-4,7,10,19,22H,5-6H2,1-2H3,(H,20,23). The van der Waals surface area contributed by atoms with E-state index in [1.165, 1.54) is 11.3 Å². The van der Waals surface area contributed by atoms with Crippen molar-refractivity contribution in [2.45, 2.75) is 31.7 Å². The zero-order chi connectivity index (χ0) is 17.5. The summed E-state index contributed by atoms with van der Waals surface area (Å²) < 4.78 is 0.430. The van der Waals surface area contributed by atoms with Gasteiger partial charge in [0, 0.05) is 18.0 Å². The van der Waals surface area contributed by atoms with Gasteiger partial charge >= 0.3 is 0 Å². The van der Waals surface area contributed by atoms with Crippen molar-refractivity contribution < 1.29 is 9.90 Å². The van der Waals surface area contributed by atoms with Crippen LogP contribution in [-0.2, 0) is 10.2 Å². The molecule has 0 saturated carbocycles. The minimum absolute atomic E-state index is 0.00118. The molecule has 0 saturated heterocycles. The molecule has 1 aliphatic heterocycles. The molecule has 0 spiro atoms. The lowest BCUT2D eigenvalue weighted by Gasteiger charge is -2.18. The van der Waals surface area contributed by atoms with Crippen LogP contribution in [0.25, 0.3) is 0 Å². The molecule has 0 fully saturated rings. The maximum absolute atomic E-state index is 12.0. The van der Waals surface area contributed by atoms with Crippen LogP contribution in [0.2, 0.25) is 9.49 Å². The van der Waals surface area contributed by atoms with Crippen LogP contribution >= 0.6 is 34.5 Å². The molecule has 1 unspecified atom stereocenters. The van der Waals surface area contributed by atoms with E-state index in [-0.39, 0.29) is 23.7 Å². The largest absolute Gasteiger partial charge is 0.396 e. The number of nitrogens with one attached hydrogen (secondary N) is 2. The van der Waals surface area contributed by atoms with Crippen molar-refractivity contribution in [1.29, 1.82) is 0 Å². The van der Waals surface area contributed by atoms with Crippen molar-refractivity contribution in [3.63, 3.8) is 0 Å². The summed E-state index contributed by atoms with van der Waals surface area (Å²) >= 11 is 13.2. The van der Waals surface area contributed by atoms with Crippen LogP contribution in [0.15, 0.2) is 18.2 Å². The molecule has 3 rings (SSSR count). The Balaban J connectivity index is 1.86. The summed E-state index contributed by atoms with van der Waals surface area (Å²) in [5, 5.41) is 16.5. The van der Waals surface area contributed by atoms with E-state index < -0.39 is 5.41 Å². The average molecular weight is 386 g/mol. The van der Waals surface area contributed by atoms with Crippen molar-refractivity contribution >= 4 is 51.8 Å². The summed E-state index contributed by atoms with van der Waals surface area (Å²) in [4.78, 5) is 16.3. The zero-order valence-electron chi connectivity index (χ0n) is 13.2. The lowest BCUT2D eigenvalue weighted by Crippen LogP contribution is -2.26. The number of hydrogen-bond acceptors (Lipinski definition) is 5. The third-order valence-corrected chi connectivity index (χ3v) is 5.98. The normalized spacial score (nSPS) is 16.6. The first-order chi connectivity index (χ1) is 11.3. The highest BCUT2D eigenvalue weighted by molar-refractivity contribution is 7.16. The van der Waals surface area contributed by atoms with E-state index in [1.54, 1.807) is 0 Å². The molecule has 3 N–H and O–H groups in total. The minimum Gasteiger partial charge on any atom is -0.396 e. The van der Waals surface area contributed by atoms with E-state index in [2.05, 4.69) is 15.6 Å². The van der Waals surface area contributed by atoms with Gasteiger partial charge in [-0.15, -0.1) is 11.3 Å². The number of aliphatic hydroxyl groups is 1. The van der Waals surface area contributed by atoms with Gasteiger partial charge in [0.2, 0.25) is 5.91 Å². The Labute approximate surface area is 154 Å². The van der Waals surface area contributed by atoms with E-state index in [1.807, 2.05) is 32.0 Å². The fraction of sp³-hybridized carbons (Fsp3) is 0.375. The van der Waals surface area contributed by atoms with Gasteiger partial charge in [-0.2, -0.15) is 0 Å². The first kappa shape index (κ1) is 17.5. The Morgan fingerprint density at radius 2 is 2.17 bits per heavy atom. The van der Waals surface area contributed by atoms with E-state index in [0.717, 1.165) is 16.9 Å². The van der Waals surface area contributed by atoms with Gasteiger partial charge in [-0.05, 0) is 38.0 Å². The molecule has 1 amide bonds. The first-order valence-electron chi connectivity index (χ1n) is 7.48. The van der Waals surface area contributed by atoms with Gasteiger partial charge in [-0.3, -0.25) is 4.79 Å². The lowest BCUT2D eigenvalue weighted by atomic mass is 9.86. The molecule has 0 radical (unpaired) electrons. The Kier molecular flexibility index (Phi) is 4.75. The van der Waals surface area contributed by atoms with Crippen molar-refractivity contribution in [2.24, 2.45) is 0 Å². The quantitative estimate of drug-likeness (QED) is 0.720. The van der Waals surface area contributed by atoms with Gasteiger partial charge in [-0.25, -0.2) is 4.98 Å². The smallest absolute Gasteiger partial charge is 0.234 e. The summed E-state index contributed by atoms with van der Waals surface area (Å²) in [7, 11) is 0. The number of anilines is 2. The average Bonchev–Trinajstić information content (AvgIpc) is 2.96. The molecule has 2 aromatic rings. The Morgan fingerprint density at radius 3 is 2.79 bits per heavy atom. The fourth-order valence-electron chi connectivity index (χ4n) is 2.72. The number of carbonyl (C=O) groups excluding carboxylic acids is 1. The van der Waals surface area contributed by atoms with Gasteiger partial charge in [0.1, 0.15) is 9.34 Å². The number of halogens is 2. The van der Waals surface area contributed by atoms with Crippen molar-refractivity contribution in [1.82, 2.24) is 4.98 Å². The molecular formula is C16H17Cl2N3O2S. The predicted octanol–water partition coefficient (Wildman–Crippen LogP) is 4.22. The van der Waals surface area contributed by atoms with E-state index >= 15 is 0 Å². The molecule has 1 aromatic carbocycles. The zero-order valence-corrected chi connectivity index (χ0v) is 15.5. The molecule has 128 valence electrons. The number of amides is 1. The summed E-state index contributed by atoms with van der Waals surface area (Å²) in [6.45, 7) is 3.80. The van der Waals surface area contributed by atoms with Crippen molar-refractivity contribution in [3.8, 4) is 0 Å². The number of fused-ring (bicyclic) bond motifs is 1. The van der Waals surface area contributed by atoms with Gasteiger partial charge in [0.25, 0.3) is 0 Å². The first-order valence-corrected chi connectivity index (χ1v) is 9.05. The molecule has 0 bridgehead atoms. The third-order valence-electron chi connectivity index (χ3n) is 4.13. The second-order valence-electron chi connectivity index (χ2n) is 6.17. The Morgan fingerprint density at radius 1 is 1.42 bits per heavy atom. The second kappa shape index (κ2) is 6.52. The molecule has 1 aliphatic rings. The highest BCUT2D eigenvalue weighted by Crippen LogP contribution is 2.40. The number of carbonyl (C=O) groups is 1. The summed E-state index contributed by atoms with van der Waals surface area (Å²) in [6.07, 6.45) is 0.467. The molecule has 8 heteroatoms. The topological polar surface area (TPSA) is 74.2 Å². The maximum Gasteiger partial charge on any atom is 0.234 e. The van der Waals surface area contributed by atoms with Gasteiger partial charge < -0.3 is 15.7 Å². The van der Waals surface area contributed by atoms with E-state index in [9.17, 15) is 9.90 Å². The molecule has 24 heavy (non-hydrogen) atoms. The summed E-state index contributed by atoms with van der Waals surface area (Å²) in [5.41, 5.74) is 2.06. The van der Waals surface area contributed by atoms with Crippen LogP contribution in [-0.4, -0.2) is 22.6 Å². The van der Waals surface area contributed by atoms with Crippen LogP contribution in [0, 0.1) is 0 Å². The van der Waals surface area contributed by atoms with Gasteiger partial charge in [0.15, 0.2) is 5.15 Å². The lowest BCUT2D eigenvalue weighted by molar-refractivity contribution is -0.119. The Bertz CT molecular complexity index is 772. The number of rotatable bonds is 5. The second-order valence-corrected chi connectivity index (χ2v) is 8.16. The molecule has 1 atom stereocenters. The monoisotopic (exact) mass is 385 g/mol. The predicted molar refractivity (Wildman–Crippen MR) is 98.3 cm³/mol. The van der Waals surface area contributed by atoms with E-state index in [0.29, 0.717) is 15.8 Å². The highest BCUT2D eigenvalue weighted by atomic mass is 35.5. The number of aromatic nitrogens is 1. The molecule has 0 aliphatic carbocycles. The molecule has 5 nitrogen and oxygen atoms in total. The van der Waals surface area contributed by atoms with Crippen LogP contribution in [0.1, 0.15) is 36.9 Å². The van der Waals surface area contributed by atoms with Crippen LogP contribution < -0.4 is 10.6 Å². The number of hydrogen-bond donors (Lipinski definition) is 3. The summed E-state index contributed by atoms with van der Waals surface area (Å²) in [5.74, 6) is -0.0138. The van der Waals surface area contributed by atoms with Crippen LogP contribution in [0.3, 0.4) is 0 Å². The molecule has 1 aromatic heterocycles. The number of aliphatic hydroxyl groups excluding tert-OH is 1. The molecule has 2 heterocycles. The summed E-state index contributed by atoms with van der Waals surface area (Å²) in [6, 6.07) is 5.53. The highest BCUT2D eigenvalue weighted by Gasteiger charge is 2.38. The number of nitrogens with zero attached hydrogens (tertiary/aromatic N) is 1. The SMILES string of the molecule is CC1(C)C(=O)Nc2cc(NC(CCO)c3nc(Cl)c(Cl)s3)ccc21. The van der Waals surface area contributed by atoms with Crippen molar-refractivity contribution in [3.05, 3.63) is 38.3 Å². The maximum atomic E-state index is 12.0. The minimum atomic E-state index is -0.533. The van der Waals surface area contributed by atoms with Gasteiger partial charge in [0.05, 0.1) is 11.5 Å². The molecular weight excluding hydrogens is 369 g/mol. The van der Waals surface area contributed by atoms with Gasteiger partial charge in [-0.1, -0.05) is 29.3 Å². The number of benzene rings is 1. The number of thiazole rings is 1. The fourth-order valence-corrected chi connectivity index (χ4v) is 4.02. The van der Waals surface area contributed by atoms with E-state index in [4.69, 9.17) is 23.2 Å². The van der Waals surface area contributed by atoms with Crippen molar-refractivity contribution in [2.75, 3.05) is 17.2 Å². The Hall–Kier alpha value is -1.34. The van der Waals surface area contributed by atoms with Crippen LogP contribution in [0.4, 0.5) is 11.4 Å². The van der Waals surface area contributed by atoms with Crippen LogP contribution in [0.5, 0.6) is 0 Å². The third kappa shape index (κ3) is 3.11.